The molecule has 0 atom stereocenters. The molecule has 0 aromatic heterocycles. The summed E-state index contributed by atoms with van der Waals surface area (Å²) in [7, 11) is 0. The molecule has 1 aliphatic rings. The molecule has 0 amide bonds. The van der Waals surface area contributed by atoms with Gasteiger partial charge in [-0.15, -0.1) is 0 Å². The van der Waals surface area contributed by atoms with Crippen LogP contribution in [0, 0.1) is 12.8 Å². The average Bonchev–Trinajstić information content (AvgIpc) is 2.66. The molecular formula is C23H35NO3. The maximum atomic E-state index is 10.4. The van der Waals surface area contributed by atoms with E-state index in [0.717, 1.165) is 24.7 Å². The molecule has 1 aromatic carbocycles. The van der Waals surface area contributed by atoms with E-state index >= 15 is 0 Å². The number of benzene rings is 1. The zero-order valence-electron chi connectivity index (χ0n) is 16.7. The molecule has 0 spiro atoms. The zero-order valence-corrected chi connectivity index (χ0v) is 16.7. The Morgan fingerprint density at radius 2 is 2.07 bits per heavy atom. The molecule has 0 unspecified atom stereocenters. The maximum absolute atomic E-state index is 10.4. The molecule has 1 saturated carbocycles. The minimum Gasteiger partial charge on any atom is -0.494 e. The van der Waals surface area contributed by atoms with Crippen molar-refractivity contribution in [2.75, 3.05) is 19.7 Å². The first-order valence-corrected chi connectivity index (χ1v) is 10.5. The van der Waals surface area contributed by atoms with Crippen molar-refractivity contribution in [3.63, 3.8) is 0 Å². The Morgan fingerprint density at radius 1 is 1.26 bits per heavy atom. The van der Waals surface area contributed by atoms with Gasteiger partial charge in [0.25, 0.3) is 0 Å². The number of unbranched alkanes of at least 4 members (excludes halogenated alkanes) is 1. The van der Waals surface area contributed by atoms with Gasteiger partial charge in [0.1, 0.15) is 5.75 Å². The number of carboxylic acids is 1. The summed E-state index contributed by atoms with van der Waals surface area (Å²) < 4.78 is 5.92. The molecule has 0 saturated heterocycles. The molecule has 150 valence electrons. The molecule has 0 aliphatic heterocycles. The molecule has 2 rings (SSSR count). The quantitative estimate of drug-likeness (QED) is 0.494. The number of aryl methyl sites for hydroxylation is 1. The smallest absolute Gasteiger partial charge is 0.304 e. The van der Waals surface area contributed by atoms with Crippen molar-refractivity contribution in [1.29, 1.82) is 0 Å². The van der Waals surface area contributed by atoms with Gasteiger partial charge in [-0.25, -0.2) is 0 Å². The predicted molar refractivity (Wildman–Crippen MR) is 111 cm³/mol. The zero-order chi connectivity index (χ0) is 19.3. The molecule has 1 fully saturated rings. The lowest BCUT2D eigenvalue weighted by Crippen LogP contribution is -2.17. The Balaban J connectivity index is 1.62. The number of carboxylic acid groups (broad SMARTS) is 1. The number of carbonyl (C=O) groups is 1. The highest BCUT2D eigenvalue weighted by molar-refractivity contribution is 5.66. The number of nitrogens with one attached hydrogen (secondary N) is 1. The standard InChI is InChI=1S/C23H35NO3/c1-19-18-22(27-17-6-5-10-20-8-3-2-4-9-20)13-12-21(19)11-7-15-24-16-14-23(25)26/h7,11-13,18,20,24H,2-6,8-10,14-17H2,1H3,(H,25,26)/b11-7+. The first-order valence-electron chi connectivity index (χ1n) is 10.5. The minimum absolute atomic E-state index is 0.152. The van der Waals surface area contributed by atoms with E-state index in [-0.39, 0.29) is 6.42 Å². The Morgan fingerprint density at radius 3 is 2.81 bits per heavy atom. The van der Waals surface area contributed by atoms with E-state index in [9.17, 15) is 4.79 Å². The molecule has 4 nitrogen and oxygen atoms in total. The summed E-state index contributed by atoms with van der Waals surface area (Å²) in [6, 6.07) is 6.21. The largest absolute Gasteiger partial charge is 0.494 e. The van der Waals surface area contributed by atoms with Crippen LogP contribution in [-0.4, -0.2) is 30.8 Å². The Kier molecular flexibility index (Phi) is 9.99. The lowest BCUT2D eigenvalue weighted by Gasteiger charge is -2.21. The first-order chi connectivity index (χ1) is 13.1. The number of rotatable bonds is 12. The van der Waals surface area contributed by atoms with Gasteiger partial charge in [0.2, 0.25) is 0 Å². The predicted octanol–water partition coefficient (Wildman–Crippen LogP) is 5.20. The van der Waals surface area contributed by atoms with Crippen LogP contribution in [0.4, 0.5) is 0 Å². The van der Waals surface area contributed by atoms with Crippen molar-refractivity contribution < 1.29 is 14.6 Å². The summed E-state index contributed by atoms with van der Waals surface area (Å²) >= 11 is 0. The average molecular weight is 374 g/mol. The Labute approximate surface area is 164 Å². The van der Waals surface area contributed by atoms with Crippen LogP contribution in [0.3, 0.4) is 0 Å². The lowest BCUT2D eigenvalue weighted by atomic mass is 9.86. The highest BCUT2D eigenvalue weighted by Crippen LogP contribution is 2.27. The van der Waals surface area contributed by atoms with E-state index in [1.165, 1.54) is 56.1 Å². The number of hydrogen-bond acceptors (Lipinski definition) is 3. The van der Waals surface area contributed by atoms with Crippen LogP contribution in [-0.2, 0) is 4.79 Å². The molecule has 0 heterocycles. The van der Waals surface area contributed by atoms with Crippen molar-refractivity contribution in [3.8, 4) is 5.75 Å². The third kappa shape index (κ3) is 9.09. The minimum atomic E-state index is -0.771. The number of ether oxygens (including phenoxy) is 1. The molecule has 2 N–H and O–H groups in total. The highest BCUT2D eigenvalue weighted by Gasteiger charge is 2.12. The summed E-state index contributed by atoms with van der Waals surface area (Å²) in [5.74, 6) is 1.14. The van der Waals surface area contributed by atoms with E-state index in [2.05, 4.69) is 30.4 Å². The van der Waals surface area contributed by atoms with E-state index < -0.39 is 5.97 Å². The molecule has 1 aliphatic carbocycles. The van der Waals surface area contributed by atoms with Crippen molar-refractivity contribution in [3.05, 3.63) is 35.4 Å². The van der Waals surface area contributed by atoms with Crippen LogP contribution in [0.2, 0.25) is 0 Å². The summed E-state index contributed by atoms with van der Waals surface area (Å²) in [5, 5.41) is 11.7. The molecule has 1 aromatic rings. The molecular weight excluding hydrogens is 338 g/mol. The second-order valence-corrected chi connectivity index (χ2v) is 7.62. The Hall–Kier alpha value is -1.81. The van der Waals surface area contributed by atoms with E-state index in [1.807, 2.05) is 12.1 Å². The second-order valence-electron chi connectivity index (χ2n) is 7.62. The van der Waals surface area contributed by atoms with Crippen molar-refractivity contribution >= 4 is 12.0 Å². The van der Waals surface area contributed by atoms with Gasteiger partial charge in [0, 0.05) is 13.1 Å². The van der Waals surface area contributed by atoms with Crippen LogP contribution in [0.5, 0.6) is 5.75 Å². The molecule has 0 bridgehead atoms. The van der Waals surface area contributed by atoms with Gasteiger partial charge in [0.05, 0.1) is 13.0 Å². The fraction of sp³-hybridized carbons (Fsp3) is 0.609. The van der Waals surface area contributed by atoms with Gasteiger partial charge < -0.3 is 15.2 Å². The third-order valence-electron chi connectivity index (χ3n) is 5.32. The first kappa shape index (κ1) is 21.5. The molecule has 4 heteroatoms. The van der Waals surface area contributed by atoms with Gasteiger partial charge in [-0.3, -0.25) is 4.79 Å². The van der Waals surface area contributed by atoms with Crippen LogP contribution >= 0.6 is 0 Å². The fourth-order valence-corrected chi connectivity index (χ4v) is 3.69. The summed E-state index contributed by atoms with van der Waals surface area (Å²) in [4.78, 5) is 10.4. The highest BCUT2D eigenvalue weighted by atomic mass is 16.5. The normalized spacial score (nSPS) is 15.3. The van der Waals surface area contributed by atoms with Crippen molar-refractivity contribution in [2.45, 2.75) is 64.7 Å². The summed E-state index contributed by atoms with van der Waals surface area (Å²) in [5.41, 5.74) is 2.36. The number of hydrogen-bond donors (Lipinski definition) is 2. The van der Waals surface area contributed by atoms with Crippen molar-refractivity contribution in [1.82, 2.24) is 5.32 Å². The topological polar surface area (TPSA) is 58.6 Å². The van der Waals surface area contributed by atoms with Crippen LogP contribution < -0.4 is 10.1 Å². The SMILES string of the molecule is Cc1cc(OCCCCC2CCCCC2)ccc1/C=C/CNCCC(=O)O. The molecule has 0 radical (unpaired) electrons. The second kappa shape index (κ2) is 12.6. The number of aliphatic carboxylic acids is 1. The summed E-state index contributed by atoms with van der Waals surface area (Å²) in [6.07, 6.45) is 15.2. The van der Waals surface area contributed by atoms with Gasteiger partial charge in [0.15, 0.2) is 0 Å². The lowest BCUT2D eigenvalue weighted by molar-refractivity contribution is -0.136. The van der Waals surface area contributed by atoms with Crippen LogP contribution in [0.25, 0.3) is 6.08 Å². The van der Waals surface area contributed by atoms with Gasteiger partial charge in [-0.2, -0.15) is 0 Å². The van der Waals surface area contributed by atoms with Crippen LogP contribution in [0.15, 0.2) is 24.3 Å². The van der Waals surface area contributed by atoms with E-state index in [4.69, 9.17) is 9.84 Å². The molecule has 27 heavy (non-hydrogen) atoms. The van der Waals surface area contributed by atoms with Crippen LogP contribution in [0.1, 0.15) is 68.9 Å². The Bertz CT molecular complexity index is 591. The van der Waals surface area contributed by atoms with E-state index in [0.29, 0.717) is 13.1 Å². The van der Waals surface area contributed by atoms with Gasteiger partial charge >= 0.3 is 5.97 Å². The monoisotopic (exact) mass is 373 g/mol. The van der Waals surface area contributed by atoms with Gasteiger partial charge in [-0.05, 0) is 48.9 Å². The maximum Gasteiger partial charge on any atom is 0.304 e. The van der Waals surface area contributed by atoms with Gasteiger partial charge in [-0.1, -0.05) is 56.7 Å². The van der Waals surface area contributed by atoms with E-state index in [1.54, 1.807) is 0 Å². The van der Waals surface area contributed by atoms with Crippen molar-refractivity contribution in [2.24, 2.45) is 5.92 Å². The summed E-state index contributed by atoms with van der Waals surface area (Å²) in [6.45, 7) is 4.06. The third-order valence-corrected chi connectivity index (χ3v) is 5.32. The fourth-order valence-electron chi connectivity index (χ4n) is 3.69.